The van der Waals surface area contributed by atoms with Crippen LogP contribution < -0.4 is 0 Å². The van der Waals surface area contributed by atoms with E-state index in [1.165, 1.54) is 6.42 Å². The third-order valence-electron chi connectivity index (χ3n) is 0.770. The van der Waals surface area contributed by atoms with E-state index in [1.807, 2.05) is 6.07 Å². The SMILES string of the molecule is CCCPOCCC#N. The highest BCUT2D eigenvalue weighted by Gasteiger charge is 1.84. The molecule has 0 aliphatic rings. The van der Waals surface area contributed by atoms with E-state index in [4.69, 9.17) is 9.79 Å². The van der Waals surface area contributed by atoms with Crippen molar-refractivity contribution in [1.82, 2.24) is 0 Å². The summed E-state index contributed by atoms with van der Waals surface area (Å²) in [6, 6.07) is 2.02. The minimum atomic E-state index is 0.525. The largest absolute Gasteiger partial charge is 0.361 e. The summed E-state index contributed by atoms with van der Waals surface area (Å²) < 4.78 is 5.12. The number of nitriles is 1. The van der Waals surface area contributed by atoms with Gasteiger partial charge in [-0.05, 0) is 6.16 Å². The first-order chi connectivity index (χ1) is 4.41. The molecule has 0 fully saturated rings. The predicted molar refractivity (Wildman–Crippen MR) is 39.7 cm³/mol. The number of hydrogen-bond donors (Lipinski definition) is 0. The van der Waals surface area contributed by atoms with Crippen molar-refractivity contribution in [2.45, 2.75) is 19.8 Å². The summed E-state index contributed by atoms with van der Waals surface area (Å²) in [5.74, 6) is 0. The first kappa shape index (κ1) is 8.88. The van der Waals surface area contributed by atoms with Gasteiger partial charge >= 0.3 is 0 Å². The van der Waals surface area contributed by atoms with E-state index >= 15 is 0 Å². The molecule has 0 aliphatic heterocycles. The van der Waals surface area contributed by atoms with Crippen LogP contribution in [0.4, 0.5) is 0 Å². The fourth-order valence-electron chi connectivity index (χ4n) is 0.343. The van der Waals surface area contributed by atoms with Gasteiger partial charge < -0.3 is 4.52 Å². The van der Waals surface area contributed by atoms with Crippen LogP contribution in [0.5, 0.6) is 0 Å². The summed E-state index contributed by atoms with van der Waals surface area (Å²) in [6.07, 6.45) is 2.83. The van der Waals surface area contributed by atoms with Crippen LogP contribution in [0, 0.1) is 11.3 Å². The number of hydrogen-bond acceptors (Lipinski definition) is 2. The first-order valence-corrected chi connectivity index (χ1v) is 4.25. The van der Waals surface area contributed by atoms with Crippen molar-refractivity contribution in [1.29, 1.82) is 5.26 Å². The molecule has 2 nitrogen and oxygen atoms in total. The highest BCUT2D eigenvalue weighted by molar-refractivity contribution is 7.32. The van der Waals surface area contributed by atoms with Gasteiger partial charge in [0.1, 0.15) is 0 Å². The van der Waals surface area contributed by atoms with Crippen LogP contribution in [-0.4, -0.2) is 12.8 Å². The summed E-state index contributed by atoms with van der Waals surface area (Å²) >= 11 is 0. The van der Waals surface area contributed by atoms with Gasteiger partial charge in [0, 0.05) is 8.81 Å². The Morgan fingerprint density at radius 1 is 1.67 bits per heavy atom. The topological polar surface area (TPSA) is 33.0 Å². The lowest BCUT2D eigenvalue weighted by Crippen LogP contribution is -1.82. The van der Waals surface area contributed by atoms with Crippen LogP contribution in [-0.2, 0) is 4.52 Å². The van der Waals surface area contributed by atoms with Gasteiger partial charge in [-0.15, -0.1) is 0 Å². The fourth-order valence-corrected chi connectivity index (χ4v) is 0.938. The van der Waals surface area contributed by atoms with Gasteiger partial charge in [0.05, 0.1) is 19.1 Å². The molecule has 1 atom stereocenters. The molecule has 1 unspecified atom stereocenters. The summed E-state index contributed by atoms with van der Waals surface area (Å²) in [7, 11) is 0.591. The molecule has 0 aromatic heterocycles. The van der Waals surface area contributed by atoms with E-state index in [-0.39, 0.29) is 0 Å². The zero-order chi connectivity index (χ0) is 6.95. The highest BCUT2D eigenvalue weighted by Crippen LogP contribution is 2.12. The Morgan fingerprint density at radius 2 is 2.44 bits per heavy atom. The van der Waals surface area contributed by atoms with Crippen molar-refractivity contribution in [3.8, 4) is 6.07 Å². The van der Waals surface area contributed by atoms with Gasteiger partial charge in [0.2, 0.25) is 0 Å². The van der Waals surface area contributed by atoms with Gasteiger partial charge in [-0.3, -0.25) is 0 Å². The Hall–Kier alpha value is -0.120. The van der Waals surface area contributed by atoms with Gasteiger partial charge in [0.25, 0.3) is 0 Å². The maximum atomic E-state index is 8.10. The van der Waals surface area contributed by atoms with Crippen LogP contribution in [0.2, 0.25) is 0 Å². The molecule has 52 valence electrons. The van der Waals surface area contributed by atoms with Crippen LogP contribution in [0.1, 0.15) is 19.8 Å². The third-order valence-corrected chi connectivity index (χ3v) is 1.88. The van der Waals surface area contributed by atoms with E-state index in [0.29, 0.717) is 21.8 Å². The van der Waals surface area contributed by atoms with E-state index in [0.717, 1.165) is 6.16 Å². The summed E-state index contributed by atoms with van der Waals surface area (Å²) in [4.78, 5) is 0. The van der Waals surface area contributed by atoms with Crippen molar-refractivity contribution in [3.63, 3.8) is 0 Å². The number of rotatable bonds is 5. The lowest BCUT2D eigenvalue weighted by Gasteiger charge is -1.96. The van der Waals surface area contributed by atoms with Crippen molar-refractivity contribution in [2.75, 3.05) is 12.8 Å². The molecule has 0 N–H and O–H groups in total. The lowest BCUT2D eigenvalue weighted by atomic mass is 10.5. The minimum Gasteiger partial charge on any atom is -0.361 e. The number of nitrogens with zero attached hydrogens (tertiary/aromatic N) is 1. The Morgan fingerprint density at radius 3 is 3.00 bits per heavy atom. The van der Waals surface area contributed by atoms with Gasteiger partial charge in [0.15, 0.2) is 0 Å². The van der Waals surface area contributed by atoms with Crippen molar-refractivity contribution in [3.05, 3.63) is 0 Å². The van der Waals surface area contributed by atoms with Crippen LogP contribution in [0.3, 0.4) is 0 Å². The van der Waals surface area contributed by atoms with E-state index < -0.39 is 0 Å². The fraction of sp³-hybridized carbons (Fsp3) is 0.833. The lowest BCUT2D eigenvalue weighted by molar-refractivity contribution is 0.373. The molecule has 0 heterocycles. The Balaban J connectivity index is 2.69. The third kappa shape index (κ3) is 7.88. The molecule has 9 heavy (non-hydrogen) atoms. The maximum absolute atomic E-state index is 8.10. The molecular formula is C6H12NOP. The van der Waals surface area contributed by atoms with Crippen molar-refractivity contribution in [2.24, 2.45) is 0 Å². The average Bonchev–Trinajstić information content (AvgIpc) is 1.89. The minimum absolute atomic E-state index is 0.525. The second-order valence-electron chi connectivity index (χ2n) is 1.65. The van der Waals surface area contributed by atoms with Gasteiger partial charge in [-0.25, -0.2) is 0 Å². The zero-order valence-electron chi connectivity index (χ0n) is 5.68. The van der Waals surface area contributed by atoms with E-state index in [1.54, 1.807) is 0 Å². The smallest absolute Gasteiger partial charge is 0.0646 e. The molecule has 0 amide bonds. The summed E-state index contributed by atoms with van der Waals surface area (Å²) in [6.45, 7) is 2.73. The maximum Gasteiger partial charge on any atom is 0.0646 e. The standard InChI is InChI=1S/C6H12NOP/c1-2-6-9-8-5-3-4-7/h9H,2-3,5-6H2,1H3. The first-order valence-electron chi connectivity index (χ1n) is 3.13. The molecule has 0 rings (SSSR count). The van der Waals surface area contributed by atoms with Crippen LogP contribution in [0.25, 0.3) is 0 Å². The Labute approximate surface area is 58.1 Å². The molecule has 0 saturated carbocycles. The van der Waals surface area contributed by atoms with Crippen LogP contribution in [0.15, 0.2) is 0 Å². The van der Waals surface area contributed by atoms with Crippen molar-refractivity contribution >= 4 is 8.81 Å². The molecule has 0 radical (unpaired) electrons. The molecule has 0 bridgehead atoms. The zero-order valence-corrected chi connectivity index (χ0v) is 6.68. The second kappa shape index (κ2) is 7.88. The molecule has 0 aromatic carbocycles. The van der Waals surface area contributed by atoms with Gasteiger partial charge in [-0.1, -0.05) is 13.3 Å². The Kier molecular flexibility index (Phi) is 7.77. The predicted octanol–water partition coefficient (Wildman–Crippen LogP) is 1.92. The molecular weight excluding hydrogens is 133 g/mol. The van der Waals surface area contributed by atoms with E-state index in [2.05, 4.69) is 6.92 Å². The summed E-state index contributed by atoms with van der Waals surface area (Å²) in [5, 5.41) is 8.10. The Bertz CT molecular complexity index is 89.5. The van der Waals surface area contributed by atoms with Gasteiger partial charge in [-0.2, -0.15) is 5.26 Å². The molecule has 0 spiro atoms. The second-order valence-corrected chi connectivity index (χ2v) is 2.73. The normalized spacial score (nSPS) is 10.2. The monoisotopic (exact) mass is 145 g/mol. The summed E-state index contributed by atoms with van der Waals surface area (Å²) in [5.41, 5.74) is 0. The van der Waals surface area contributed by atoms with Crippen LogP contribution >= 0.6 is 8.81 Å². The average molecular weight is 145 g/mol. The molecule has 0 aromatic rings. The highest BCUT2D eigenvalue weighted by atomic mass is 31.1. The molecule has 3 heteroatoms. The van der Waals surface area contributed by atoms with Crippen molar-refractivity contribution < 1.29 is 4.52 Å². The molecule has 0 aliphatic carbocycles. The molecule has 0 saturated heterocycles. The quantitative estimate of drug-likeness (QED) is 0.437. The van der Waals surface area contributed by atoms with E-state index in [9.17, 15) is 0 Å².